The van der Waals surface area contributed by atoms with Gasteiger partial charge in [-0.05, 0) is 25.8 Å². The fraction of sp³-hybridized carbons (Fsp3) is 0.909. The number of hydrogen-bond donors (Lipinski definition) is 1. The minimum Gasteiger partial charge on any atom is -0.381 e. The van der Waals surface area contributed by atoms with Crippen LogP contribution in [-0.2, 0) is 9.53 Å². The molecule has 1 aliphatic heterocycles. The van der Waals surface area contributed by atoms with Crippen molar-refractivity contribution in [2.75, 3.05) is 26.8 Å². The summed E-state index contributed by atoms with van der Waals surface area (Å²) in [7, 11) is 1.89. The van der Waals surface area contributed by atoms with Crippen LogP contribution in [0.15, 0.2) is 0 Å². The monoisotopic (exact) mass is 199 g/mol. The second-order valence-corrected chi connectivity index (χ2v) is 4.18. The summed E-state index contributed by atoms with van der Waals surface area (Å²) in [5.74, 6) is 1.12. The first kappa shape index (κ1) is 11.7. The first-order chi connectivity index (χ1) is 6.74. The molecule has 3 nitrogen and oxygen atoms in total. The molecule has 0 aliphatic carbocycles. The SMILES string of the molecule is CNCC(C)C(=O)CC1CCOCC1. The van der Waals surface area contributed by atoms with Crippen molar-refractivity contribution in [3.63, 3.8) is 0 Å². The van der Waals surface area contributed by atoms with Crippen molar-refractivity contribution in [1.29, 1.82) is 0 Å². The Balaban J connectivity index is 2.24. The van der Waals surface area contributed by atoms with Crippen molar-refractivity contribution in [3.8, 4) is 0 Å². The zero-order valence-electron chi connectivity index (χ0n) is 9.21. The molecule has 0 radical (unpaired) electrons. The molecule has 0 spiro atoms. The molecule has 0 aromatic heterocycles. The van der Waals surface area contributed by atoms with Gasteiger partial charge in [-0.1, -0.05) is 6.92 Å². The summed E-state index contributed by atoms with van der Waals surface area (Å²) in [4.78, 5) is 11.7. The fourth-order valence-corrected chi connectivity index (χ4v) is 1.86. The lowest BCUT2D eigenvalue weighted by Crippen LogP contribution is -2.27. The number of hydrogen-bond acceptors (Lipinski definition) is 3. The predicted octanol–water partition coefficient (Wildman–Crippen LogP) is 1.23. The van der Waals surface area contributed by atoms with E-state index in [1.165, 1.54) is 0 Å². The van der Waals surface area contributed by atoms with E-state index < -0.39 is 0 Å². The first-order valence-corrected chi connectivity index (χ1v) is 5.49. The van der Waals surface area contributed by atoms with Gasteiger partial charge in [0.05, 0.1) is 0 Å². The van der Waals surface area contributed by atoms with E-state index in [-0.39, 0.29) is 5.92 Å². The van der Waals surface area contributed by atoms with Crippen molar-refractivity contribution < 1.29 is 9.53 Å². The Morgan fingerprint density at radius 2 is 2.14 bits per heavy atom. The number of ketones is 1. The number of carbonyl (C=O) groups excluding carboxylic acids is 1. The molecule has 0 aromatic carbocycles. The van der Waals surface area contributed by atoms with Gasteiger partial charge in [-0.2, -0.15) is 0 Å². The Morgan fingerprint density at radius 1 is 1.50 bits per heavy atom. The van der Waals surface area contributed by atoms with E-state index in [0.29, 0.717) is 11.7 Å². The molecule has 3 heteroatoms. The number of Topliss-reactive ketones (excluding diaryl/α,β-unsaturated/α-hetero) is 1. The van der Waals surface area contributed by atoms with E-state index >= 15 is 0 Å². The third kappa shape index (κ3) is 3.76. The molecule has 14 heavy (non-hydrogen) atoms. The topological polar surface area (TPSA) is 38.3 Å². The molecular formula is C11H21NO2. The third-order valence-corrected chi connectivity index (χ3v) is 2.89. The van der Waals surface area contributed by atoms with Crippen LogP contribution in [0, 0.1) is 11.8 Å². The minimum absolute atomic E-state index is 0.155. The van der Waals surface area contributed by atoms with Crippen LogP contribution in [0.2, 0.25) is 0 Å². The van der Waals surface area contributed by atoms with Crippen molar-refractivity contribution >= 4 is 5.78 Å². The van der Waals surface area contributed by atoms with E-state index in [2.05, 4.69) is 5.32 Å². The average Bonchev–Trinajstić information content (AvgIpc) is 2.19. The Bertz CT molecular complexity index is 176. The summed E-state index contributed by atoms with van der Waals surface area (Å²) in [6, 6.07) is 0. The highest BCUT2D eigenvalue weighted by atomic mass is 16.5. The lowest BCUT2D eigenvalue weighted by atomic mass is 9.90. The Labute approximate surface area is 86.2 Å². The summed E-state index contributed by atoms with van der Waals surface area (Å²) in [5, 5.41) is 3.04. The largest absolute Gasteiger partial charge is 0.381 e. The maximum Gasteiger partial charge on any atom is 0.137 e. The molecule has 0 aromatic rings. The Hall–Kier alpha value is -0.410. The normalized spacial score (nSPS) is 20.7. The molecule has 1 heterocycles. The molecule has 0 saturated carbocycles. The van der Waals surface area contributed by atoms with Crippen LogP contribution >= 0.6 is 0 Å². The zero-order chi connectivity index (χ0) is 10.4. The molecule has 0 bridgehead atoms. The number of rotatable bonds is 5. The molecule has 1 rings (SSSR count). The van der Waals surface area contributed by atoms with Crippen molar-refractivity contribution in [3.05, 3.63) is 0 Å². The van der Waals surface area contributed by atoms with Gasteiger partial charge in [-0.15, -0.1) is 0 Å². The van der Waals surface area contributed by atoms with Gasteiger partial charge in [-0.3, -0.25) is 4.79 Å². The summed E-state index contributed by atoms with van der Waals surface area (Å²) in [6.07, 6.45) is 2.85. The Morgan fingerprint density at radius 3 is 2.71 bits per heavy atom. The lowest BCUT2D eigenvalue weighted by molar-refractivity contribution is -0.123. The maximum atomic E-state index is 11.7. The van der Waals surface area contributed by atoms with Crippen LogP contribution in [0.5, 0.6) is 0 Å². The van der Waals surface area contributed by atoms with Crippen LogP contribution in [0.3, 0.4) is 0 Å². The zero-order valence-corrected chi connectivity index (χ0v) is 9.21. The van der Waals surface area contributed by atoms with Crippen LogP contribution in [0.25, 0.3) is 0 Å². The molecule has 1 N–H and O–H groups in total. The number of nitrogens with one attached hydrogen (secondary N) is 1. The maximum absolute atomic E-state index is 11.7. The molecule has 1 aliphatic rings. The number of ether oxygens (including phenoxy) is 1. The molecule has 1 unspecified atom stereocenters. The smallest absolute Gasteiger partial charge is 0.137 e. The molecule has 82 valence electrons. The van der Waals surface area contributed by atoms with Gasteiger partial charge in [0.25, 0.3) is 0 Å². The molecule has 1 fully saturated rings. The van der Waals surface area contributed by atoms with Crippen LogP contribution in [0.4, 0.5) is 0 Å². The van der Waals surface area contributed by atoms with E-state index in [4.69, 9.17) is 4.74 Å². The van der Waals surface area contributed by atoms with Crippen molar-refractivity contribution in [2.24, 2.45) is 11.8 Å². The second kappa shape index (κ2) is 6.14. The third-order valence-electron chi connectivity index (χ3n) is 2.89. The standard InChI is InChI=1S/C11H21NO2/c1-9(8-12-2)11(13)7-10-3-5-14-6-4-10/h9-10,12H,3-8H2,1-2H3. The Kier molecular flexibility index (Phi) is 5.12. The number of carbonyl (C=O) groups is 1. The lowest BCUT2D eigenvalue weighted by Gasteiger charge is -2.22. The summed E-state index contributed by atoms with van der Waals surface area (Å²) >= 11 is 0. The molecule has 0 amide bonds. The van der Waals surface area contributed by atoms with Gasteiger partial charge in [-0.25, -0.2) is 0 Å². The van der Waals surface area contributed by atoms with Gasteiger partial charge in [0.2, 0.25) is 0 Å². The highest BCUT2D eigenvalue weighted by molar-refractivity contribution is 5.81. The molecular weight excluding hydrogens is 178 g/mol. The van der Waals surface area contributed by atoms with E-state index in [1.54, 1.807) is 0 Å². The van der Waals surface area contributed by atoms with Crippen LogP contribution < -0.4 is 5.32 Å². The summed E-state index contributed by atoms with van der Waals surface area (Å²) < 4.78 is 5.27. The quantitative estimate of drug-likeness (QED) is 0.723. The predicted molar refractivity (Wildman–Crippen MR) is 56.3 cm³/mol. The van der Waals surface area contributed by atoms with E-state index in [0.717, 1.165) is 39.0 Å². The summed E-state index contributed by atoms with van der Waals surface area (Å²) in [6.45, 7) is 4.46. The van der Waals surface area contributed by atoms with Crippen molar-refractivity contribution in [2.45, 2.75) is 26.2 Å². The molecule has 1 saturated heterocycles. The van der Waals surface area contributed by atoms with Gasteiger partial charge < -0.3 is 10.1 Å². The van der Waals surface area contributed by atoms with E-state index in [1.807, 2.05) is 14.0 Å². The minimum atomic E-state index is 0.155. The van der Waals surface area contributed by atoms with Gasteiger partial charge in [0.1, 0.15) is 5.78 Å². The van der Waals surface area contributed by atoms with Crippen LogP contribution in [-0.4, -0.2) is 32.6 Å². The van der Waals surface area contributed by atoms with E-state index in [9.17, 15) is 4.79 Å². The highest BCUT2D eigenvalue weighted by Gasteiger charge is 2.20. The second-order valence-electron chi connectivity index (χ2n) is 4.18. The highest BCUT2D eigenvalue weighted by Crippen LogP contribution is 2.20. The fourth-order valence-electron chi connectivity index (χ4n) is 1.86. The van der Waals surface area contributed by atoms with Gasteiger partial charge in [0, 0.05) is 32.1 Å². The van der Waals surface area contributed by atoms with Gasteiger partial charge >= 0.3 is 0 Å². The van der Waals surface area contributed by atoms with Crippen LogP contribution in [0.1, 0.15) is 26.2 Å². The molecule has 1 atom stereocenters. The first-order valence-electron chi connectivity index (χ1n) is 5.49. The average molecular weight is 199 g/mol. The van der Waals surface area contributed by atoms with Gasteiger partial charge in [0.15, 0.2) is 0 Å². The van der Waals surface area contributed by atoms with Crippen molar-refractivity contribution in [1.82, 2.24) is 5.32 Å². The summed E-state index contributed by atoms with van der Waals surface area (Å²) in [5.41, 5.74) is 0.